The van der Waals surface area contributed by atoms with Crippen LogP contribution in [0.1, 0.15) is 206 Å². The van der Waals surface area contributed by atoms with E-state index in [0.717, 1.165) is 170 Å². The molecule has 0 bridgehead atoms. The quantitative estimate of drug-likeness (QED) is 0.0251. The Hall–Kier alpha value is -7.61. The Kier molecular flexibility index (Phi) is 30.3. The molecule has 674 valence electrons. The van der Waals surface area contributed by atoms with Gasteiger partial charge in [-0.1, -0.05) is 135 Å². The number of aryl methyl sites for hydroxylation is 3. The van der Waals surface area contributed by atoms with Gasteiger partial charge >= 0.3 is 0 Å². The molecule has 6 aliphatic rings. The molecule has 0 radical (unpaired) electrons. The third kappa shape index (κ3) is 25.1. The normalized spacial score (nSPS) is 19.2. The molecule has 0 fully saturated rings. The van der Waals surface area contributed by atoms with E-state index in [0.29, 0.717) is 0 Å². The Morgan fingerprint density at radius 1 is 0.448 bits per heavy atom. The van der Waals surface area contributed by atoms with Crippen molar-refractivity contribution < 1.29 is 40.1 Å². The lowest BCUT2D eigenvalue weighted by atomic mass is 9.80. The Morgan fingerprint density at radius 2 is 0.832 bits per heavy atom. The number of thioether (sulfide) groups is 2. The molecule has 13 nitrogen and oxygen atoms in total. The van der Waals surface area contributed by atoms with E-state index in [9.17, 15) is 13.0 Å². The highest BCUT2D eigenvalue weighted by Gasteiger charge is 2.48. The Balaban J connectivity index is 0.000000243. The average molecular weight is 1750 g/mol. The monoisotopic (exact) mass is 1750 g/mol. The highest BCUT2D eigenvalue weighted by molar-refractivity contribution is 8.03. The summed E-state index contributed by atoms with van der Waals surface area (Å²) in [6, 6.07) is 44.3. The number of hydrogen-bond acceptors (Lipinski definition) is 9. The maximum absolute atomic E-state index is 12.2. The van der Waals surface area contributed by atoms with Gasteiger partial charge in [0.2, 0.25) is 11.4 Å². The molecular weight excluding hydrogens is 1590 g/mol. The number of nitrogens with one attached hydrogen (secondary N) is 2. The van der Waals surface area contributed by atoms with Gasteiger partial charge in [-0.25, -0.2) is 8.42 Å². The van der Waals surface area contributed by atoms with Gasteiger partial charge < -0.3 is 42.9 Å². The van der Waals surface area contributed by atoms with Gasteiger partial charge in [0.25, 0.3) is 0 Å². The lowest BCUT2D eigenvalue weighted by molar-refractivity contribution is -0.871. The maximum Gasteiger partial charge on any atom is 0.209 e. The molecular formula is C109H157N10O3S3+5. The van der Waals surface area contributed by atoms with E-state index in [1.807, 2.05) is 29.6 Å². The molecule has 2 aliphatic carbocycles. The molecule has 4 aliphatic heterocycles. The molecule has 4 heterocycles. The van der Waals surface area contributed by atoms with Gasteiger partial charge in [-0.2, -0.15) is 9.15 Å². The first kappa shape index (κ1) is 98.0. The van der Waals surface area contributed by atoms with Gasteiger partial charge in [-0.15, -0.1) is 0 Å². The molecule has 0 aromatic heterocycles. The first-order valence-electron chi connectivity index (χ1n) is 46.3. The van der Waals surface area contributed by atoms with Gasteiger partial charge in [-0.3, -0.25) is 0 Å². The summed E-state index contributed by atoms with van der Waals surface area (Å²) in [5.41, 5.74) is 26.7. The number of allylic oxidation sites excluding steroid dienone is 14. The summed E-state index contributed by atoms with van der Waals surface area (Å²) in [4.78, 5) is 10.3. The fourth-order valence-electron chi connectivity index (χ4n) is 19.0. The summed E-state index contributed by atoms with van der Waals surface area (Å²) >= 11 is 3.82. The fraction of sp³-hybridized carbons (Fsp3) is 0.505. The van der Waals surface area contributed by atoms with Crippen LogP contribution in [0.4, 0.5) is 28.4 Å². The highest BCUT2D eigenvalue weighted by atomic mass is 32.2. The van der Waals surface area contributed by atoms with Gasteiger partial charge in [0.1, 0.15) is 10.1 Å². The van der Waals surface area contributed by atoms with Crippen LogP contribution >= 0.6 is 23.5 Å². The summed E-state index contributed by atoms with van der Waals surface area (Å²) in [6.07, 6.45) is 31.1. The summed E-state index contributed by atoms with van der Waals surface area (Å²) in [5.74, 6) is 0. The average Bonchev–Trinajstić information content (AvgIpc) is 1.61. The fourth-order valence-corrected chi connectivity index (χ4v) is 21.7. The van der Waals surface area contributed by atoms with Crippen LogP contribution in [0, 0.1) is 20.8 Å². The maximum atomic E-state index is 12.2. The topological polar surface area (TPSA) is 93.8 Å². The van der Waals surface area contributed by atoms with E-state index >= 15 is 0 Å². The van der Waals surface area contributed by atoms with Crippen LogP contribution in [0.15, 0.2) is 228 Å². The summed E-state index contributed by atoms with van der Waals surface area (Å²) in [7, 11) is 22.7. The Labute approximate surface area is 765 Å². The number of quaternary nitrogens is 4. The third-order valence-corrected chi connectivity index (χ3v) is 29.0. The second kappa shape index (κ2) is 38.6. The summed E-state index contributed by atoms with van der Waals surface area (Å²) < 4.78 is 45.5. The predicted molar refractivity (Wildman–Crippen MR) is 536 cm³/mol. The van der Waals surface area contributed by atoms with Crippen molar-refractivity contribution >= 4 is 73.5 Å². The highest BCUT2D eigenvalue weighted by Crippen LogP contribution is 2.53. The van der Waals surface area contributed by atoms with E-state index in [1.165, 1.54) is 121 Å². The number of anilines is 3. The molecule has 2 N–H and O–H groups in total. The van der Waals surface area contributed by atoms with Crippen molar-refractivity contribution in [2.24, 2.45) is 0 Å². The standard InChI is InChI=1S/C56H82N5S.C53H75N5O3S2/c1-41-21-29-49-47(39-41)55(6,7)51(58(49)35-17-37-60(10,11)12)31-25-44-19-16-20-45(53(44)62-46-27-23-43(24-28-46)33-34-57-54(3,4)5)26-32-52-56(8,9)48-40-42(2)22-30-50(48)59(52)36-18-38-61(13,14)15;1-38-20-28-46-44(36-38)52(5,6)48(55(46)32-16-34-57(9,10)11)30-21-39-18-15-19-40(50(39)62-42-25-23-41(24-26-42)54-51(2,3)4)22-31-49-53(7,8)45-37-43(63(59,60)61)27-29-47(45)56(49)33-17-35-58(12,13)14/h21-32,39-40,57H,16-20,33-38H2,1-15H3;20-31,36-37,54H,15-19,32-35H2,1-14H3/q+3;+2. The predicted octanol–water partition coefficient (Wildman–Crippen LogP) is 23.3. The van der Waals surface area contributed by atoms with Gasteiger partial charge in [0.15, 0.2) is 24.5 Å². The second-order valence-electron chi connectivity index (χ2n) is 44.8. The molecule has 0 spiro atoms. The van der Waals surface area contributed by atoms with Gasteiger partial charge in [-0.05, 0) is 259 Å². The minimum absolute atomic E-state index is 0.0377. The molecule has 125 heavy (non-hydrogen) atoms. The molecule has 0 saturated heterocycles. The van der Waals surface area contributed by atoms with Crippen molar-refractivity contribution in [3.05, 3.63) is 258 Å². The van der Waals surface area contributed by atoms with Gasteiger partial charge in [0.05, 0.1) is 139 Å². The molecule has 0 atom stereocenters. The molecule has 0 saturated carbocycles. The Morgan fingerprint density at radius 3 is 1.23 bits per heavy atom. The number of hydrogen-bond donors (Lipinski definition) is 2. The smallest absolute Gasteiger partial charge is 0.209 e. The van der Waals surface area contributed by atoms with E-state index in [-0.39, 0.29) is 32.2 Å². The summed E-state index contributed by atoms with van der Waals surface area (Å²) in [5, 5.41) is 7.28. The zero-order valence-corrected chi connectivity index (χ0v) is 84.8. The van der Waals surface area contributed by atoms with Crippen LogP contribution in [-0.2, 0) is 38.2 Å². The first-order chi connectivity index (χ1) is 58.1. The van der Waals surface area contributed by atoms with Crippen LogP contribution in [-0.4, -0.2) is 206 Å². The number of nitrogens with zero attached hydrogens (tertiary/aromatic N) is 8. The van der Waals surface area contributed by atoms with Crippen LogP contribution < -0.4 is 20.4 Å². The van der Waals surface area contributed by atoms with Crippen molar-refractivity contribution in [3.8, 4) is 0 Å². The largest absolute Gasteiger partial charge is 0.744 e. The van der Waals surface area contributed by atoms with Crippen LogP contribution in [0.2, 0.25) is 0 Å². The number of benzene rings is 6. The molecule has 0 unspecified atom stereocenters. The van der Waals surface area contributed by atoms with E-state index in [2.05, 4.69) is 384 Å². The van der Waals surface area contributed by atoms with Crippen molar-refractivity contribution in [2.75, 3.05) is 159 Å². The molecule has 0 amide bonds. The molecule has 6 aromatic carbocycles. The van der Waals surface area contributed by atoms with Gasteiger partial charge in [0, 0.05) is 131 Å². The minimum atomic E-state index is -4.61. The molecule has 16 heteroatoms. The summed E-state index contributed by atoms with van der Waals surface area (Å²) in [6.45, 7) is 47.9. The van der Waals surface area contributed by atoms with Crippen LogP contribution in [0.3, 0.4) is 0 Å². The number of fused-ring (bicyclic) bond motifs is 4. The van der Waals surface area contributed by atoms with Crippen molar-refractivity contribution in [2.45, 2.75) is 236 Å². The zero-order chi connectivity index (χ0) is 91.6. The van der Waals surface area contributed by atoms with Crippen molar-refractivity contribution in [1.29, 1.82) is 0 Å². The second-order valence-corrected chi connectivity index (χ2v) is 48.3. The van der Waals surface area contributed by atoms with E-state index < -0.39 is 15.5 Å². The van der Waals surface area contributed by atoms with E-state index in [1.54, 1.807) is 6.07 Å². The number of rotatable bonds is 31. The SMILES string of the molecule is Cc1ccc2c(c1)C(C)(C)C(/C=C/C1=C(Sc3ccc(CCNC(C)(C)C)cc3)C(=C/C=C3/N(CCC[N+](C)(C)C)c4ccc(C)cc4C3(C)C)/CCC1)=[N+]2CCC[N+](C)(C)C.Cc1ccc2c(c1)C(C)(C)C(=CC=C1CCCC(C=CC3=[N+](CCC[N+](C)(C)C)c4ccc(S(=O)(=O)[O-])cc4C3(C)C)=C1Sc1ccc(NC(C)(C)C)cc1)N2CCC[N+](C)(C)C. The molecule has 12 rings (SSSR count). The lowest BCUT2D eigenvalue weighted by Crippen LogP contribution is -2.37. The van der Waals surface area contributed by atoms with Crippen molar-refractivity contribution in [3.63, 3.8) is 0 Å². The van der Waals surface area contributed by atoms with Crippen molar-refractivity contribution in [1.82, 2.24) is 5.32 Å². The van der Waals surface area contributed by atoms with Crippen LogP contribution in [0.5, 0.6) is 0 Å². The lowest BCUT2D eigenvalue weighted by Gasteiger charge is -2.29. The minimum Gasteiger partial charge on any atom is -0.744 e. The third-order valence-electron chi connectivity index (χ3n) is 25.7. The van der Waals surface area contributed by atoms with Crippen LogP contribution in [0.25, 0.3) is 0 Å². The first-order valence-corrected chi connectivity index (χ1v) is 49.4. The van der Waals surface area contributed by atoms with E-state index in [4.69, 9.17) is 0 Å². The molecule has 6 aromatic rings. The Bertz CT molecular complexity index is 5380. The zero-order valence-electron chi connectivity index (χ0n) is 82.3.